The van der Waals surface area contributed by atoms with Crippen molar-refractivity contribution in [1.29, 1.82) is 0 Å². The highest BCUT2D eigenvalue weighted by molar-refractivity contribution is 14.0. The molecule has 0 bridgehead atoms. The van der Waals surface area contributed by atoms with Gasteiger partial charge in [-0.05, 0) is 25.8 Å². The Morgan fingerprint density at radius 2 is 2.25 bits per heavy atom. The number of aromatic nitrogens is 3. The van der Waals surface area contributed by atoms with Gasteiger partial charge in [-0.15, -0.1) is 35.3 Å². The van der Waals surface area contributed by atoms with Crippen molar-refractivity contribution in [3.63, 3.8) is 0 Å². The molecule has 1 atom stereocenters. The van der Waals surface area contributed by atoms with Gasteiger partial charge in [0.05, 0.1) is 18.4 Å². The number of guanidine groups is 1. The van der Waals surface area contributed by atoms with Crippen LogP contribution in [0.3, 0.4) is 0 Å². The molecule has 2 aromatic rings. The van der Waals surface area contributed by atoms with Gasteiger partial charge < -0.3 is 10.2 Å². The Labute approximate surface area is 164 Å². The van der Waals surface area contributed by atoms with E-state index in [0.29, 0.717) is 5.92 Å². The number of hydrogen-bond acceptors (Lipinski definition) is 4. The van der Waals surface area contributed by atoms with Gasteiger partial charge in [-0.25, -0.2) is 4.98 Å². The summed E-state index contributed by atoms with van der Waals surface area (Å²) in [5.74, 6) is 1.49. The Balaban J connectivity index is 0.00000208. The van der Waals surface area contributed by atoms with Crippen molar-refractivity contribution in [3.8, 4) is 0 Å². The lowest BCUT2D eigenvalue weighted by molar-refractivity contribution is 0.485. The highest BCUT2D eigenvalue weighted by Gasteiger charge is 2.26. The van der Waals surface area contributed by atoms with Gasteiger partial charge in [0.15, 0.2) is 5.96 Å². The molecule has 3 rings (SSSR count). The summed E-state index contributed by atoms with van der Waals surface area (Å²) in [4.78, 5) is 12.6. The van der Waals surface area contributed by atoms with Crippen LogP contribution in [0.4, 0.5) is 0 Å². The zero-order chi connectivity index (χ0) is 16.4. The summed E-state index contributed by atoms with van der Waals surface area (Å²) in [5, 5.41) is 8.85. The molecule has 1 aliphatic rings. The lowest BCUT2D eigenvalue weighted by atomic mass is 10.0. The van der Waals surface area contributed by atoms with Crippen LogP contribution in [0.1, 0.15) is 33.5 Å². The van der Waals surface area contributed by atoms with E-state index in [0.717, 1.165) is 42.7 Å². The van der Waals surface area contributed by atoms with E-state index in [9.17, 15) is 0 Å². The molecule has 2 aromatic heterocycles. The van der Waals surface area contributed by atoms with E-state index in [1.165, 1.54) is 10.4 Å². The predicted octanol–water partition coefficient (Wildman–Crippen LogP) is 2.68. The standard InChI is InChI=1S/C16H24N6S.HI/c1-11-12(2)23-15(20-11)8-18-16(17-3)22-6-5-13(10-22)14-7-19-21(4)9-14;/h7,9,13H,5-6,8,10H2,1-4H3,(H,17,18);1H. The first-order valence-corrected chi connectivity index (χ1v) is 8.75. The molecule has 0 amide bonds. The average Bonchev–Trinajstić information content (AvgIpc) is 3.22. The van der Waals surface area contributed by atoms with Gasteiger partial charge in [0.2, 0.25) is 0 Å². The molecule has 0 aliphatic carbocycles. The highest BCUT2D eigenvalue weighted by atomic mass is 127. The number of hydrogen-bond donors (Lipinski definition) is 1. The van der Waals surface area contributed by atoms with Crippen molar-refractivity contribution >= 4 is 41.3 Å². The number of aryl methyl sites for hydroxylation is 3. The van der Waals surface area contributed by atoms with E-state index in [2.05, 4.69) is 45.3 Å². The minimum Gasteiger partial charge on any atom is -0.350 e. The van der Waals surface area contributed by atoms with Crippen molar-refractivity contribution in [3.05, 3.63) is 33.5 Å². The Morgan fingerprint density at radius 3 is 2.83 bits per heavy atom. The van der Waals surface area contributed by atoms with E-state index in [-0.39, 0.29) is 24.0 Å². The summed E-state index contributed by atoms with van der Waals surface area (Å²) in [6, 6.07) is 0. The minimum absolute atomic E-state index is 0. The van der Waals surface area contributed by atoms with Gasteiger partial charge in [-0.2, -0.15) is 5.10 Å². The molecule has 1 N–H and O–H groups in total. The van der Waals surface area contributed by atoms with E-state index in [4.69, 9.17) is 0 Å². The lowest BCUT2D eigenvalue weighted by Crippen LogP contribution is -2.39. The van der Waals surface area contributed by atoms with Crippen LogP contribution in [-0.2, 0) is 13.6 Å². The van der Waals surface area contributed by atoms with E-state index in [1.54, 1.807) is 11.3 Å². The molecule has 132 valence electrons. The highest BCUT2D eigenvalue weighted by Crippen LogP contribution is 2.26. The summed E-state index contributed by atoms with van der Waals surface area (Å²) in [7, 11) is 3.81. The van der Waals surface area contributed by atoms with Crippen LogP contribution in [0.15, 0.2) is 17.4 Å². The van der Waals surface area contributed by atoms with Gasteiger partial charge in [-0.3, -0.25) is 9.67 Å². The van der Waals surface area contributed by atoms with Crippen LogP contribution in [0.2, 0.25) is 0 Å². The normalized spacial score (nSPS) is 17.9. The summed E-state index contributed by atoms with van der Waals surface area (Å²) in [5.41, 5.74) is 2.44. The fourth-order valence-corrected chi connectivity index (χ4v) is 3.85. The minimum atomic E-state index is 0. The molecule has 1 fully saturated rings. The molecular formula is C16H25IN6S. The Kier molecular flexibility index (Phi) is 6.62. The number of rotatable bonds is 3. The molecule has 0 spiro atoms. The topological polar surface area (TPSA) is 58.3 Å². The average molecular weight is 460 g/mol. The molecule has 1 saturated heterocycles. The van der Waals surface area contributed by atoms with Gasteiger partial charge in [0, 0.05) is 44.2 Å². The smallest absolute Gasteiger partial charge is 0.194 e. The van der Waals surface area contributed by atoms with Crippen LogP contribution in [0.25, 0.3) is 0 Å². The van der Waals surface area contributed by atoms with Gasteiger partial charge >= 0.3 is 0 Å². The number of nitrogens with zero attached hydrogens (tertiary/aromatic N) is 5. The van der Waals surface area contributed by atoms with E-state index < -0.39 is 0 Å². The Hall–Kier alpha value is -1.16. The third-order valence-electron chi connectivity index (χ3n) is 4.37. The molecule has 0 saturated carbocycles. The Morgan fingerprint density at radius 1 is 1.46 bits per heavy atom. The summed E-state index contributed by atoms with van der Waals surface area (Å²) < 4.78 is 1.87. The second-order valence-corrected chi connectivity index (χ2v) is 7.32. The number of thiazole rings is 1. The molecule has 0 radical (unpaired) electrons. The van der Waals surface area contributed by atoms with Crippen molar-refractivity contribution in [1.82, 2.24) is 25.0 Å². The molecular weight excluding hydrogens is 435 g/mol. The van der Waals surface area contributed by atoms with Crippen LogP contribution >= 0.6 is 35.3 Å². The van der Waals surface area contributed by atoms with Crippen LogP contribution in [-0.4, -0.2) is 45.8 Å². The van der Waals surface area contributed by atoms with Crippen molar-refractivity contribution in [2.75, 3.05) is 20.1 Å². The fraction of sp³-hybridized carbons (Fsp3) is 0.562. The molecule has 0 aromatic carbocycles. The van der Waals surface area contributed by atoms with Crippen LogP contribution in [0, 0.1) is 13.8 Å². The zero-order valence-corrected chi connectivity index (χ0v) is 17.8. The van der Waals surface area contributed by atoms with Gasteiger partial charge in [0.1, 0.15) is 5.01 Å². The maximum absolute atomic E-state index is 4.58. The molecule has 8 heteroatoms. The summed E-state index contributed by atoms with van der Waals surface area (Å²) in [6.07, 6.45) is 5.23. The monoisotopic (exact) mass is 460 g/mol. The first-order chi connectivity index (χ1) is 11.1. The first kappa shape index (κ1) is 19.2. The van der Waals surface area contributed by atoms with Crippen LogP contribution in [0.5, 0.6) is 0 Å². The fourth-order valence-electron chi connectivity index (χ4n) is 2.98. The lowest BCUT2D eigenvalue weighted by Gasteiger charge is -2.21. The third kappa shape index (κ3) is 4.27. The molecule has 1 aliphatic heterocycles. The van der Waals surface area contributed by atoms with Gasteiger partial charge in [0.25, 0.3) is 0 Å². The number of nitrogens with one attached hydrogen (secondary N) is 1. The second-order valence-electron chi connectivity index (χ2n) is 6.03. The summed E-state index contributed by atoms with van der Waals surface area (Å²) in [6.45, 7) is 6.92. The van der Waals surface area contributed by atoms with E-state index in [1.807, 2.05) is 25.0 Å². The SMILES string of the molecule is CN=C(NCc1nc(C)c(C)s1)N1CCC(c2cnn(C)c2)C1.I. The molecule has 24 heavy (non-hydrogen) atoms. The number of halogens is 1. The number of likely N-dealkylation sites (tertiary alicyclic amines) is 1. The molecule has 6 nitrogen and oxygen atoms in total. The van der Waals surface area contributed by atoms with E-state index >= 15 is 0 Å². The number of aliphatic imine (C=N–C) groups is 1. The van der Waals surface area contributed by atoms with Crippen molar-refractivity contribution < 1.29 is 0 Å². The van der Waals surface area contributed by atoms with Crippen LogP contribution < -0.4 is 5.32 Å². The third-order valence-corrected chi connectivity index (χ3v) is 5.44. The molecule has 3 heterocycles. The largest absolute Gasteiger partial charge is 0.350 e. The van der Waals surface area contributed by atoms with Crippen molar-refractivity contribution in [2.24, 2.45) is 12.0 Å². The molecule has 1 unspecified atom stereocenters. The predicted molar refractivity (Wildman–Crippen MR) is 109 cm³/mol. The maximum atomic E-state index is 4.58. The van der Waals surface area contributed by atoms with Crippen molar-refractivity contribution in [2.45, 2.75) is 32.7 Å². The second kappa shape index (κ2) is 8.28. The quantitative estimate of drug-likeness (QED) is 0.435. The Bertz CT molecular complexity index is 688. The van der Waals surface area contributed by atoms with Gasteiger partial charge in [-0.1, -0.05) is 0 Å². The first-order valence-electron chi connectivity index (χ1n) is 7.94. The summed E-state index contributed by atoms with van der Waals surface area (Å²) >= 11 is 1.75. The zero-order valence-electron chi connectivity index (χ0n) is 14.6. The maximum Gasteiger partial charge on any atom is 0.194 e.